The second-order valence-corrected chi connectivity index (χ2v) is 14.5. The topological polar surface area (TPSA) is 152 Å². The summed E-state index contributed by atoms with van der Waals surface area (Å²) in [4.78, 5) is 30.6. The summed E-state index contributed by atoms with van der Waals surface area (Å²) in [6, 6.07) is 23.6. The Morgan fingerprint density at radius 2 is 1.50 bits per heavy atom. The van der Waals surface area contributed by atoms with Gasteiger partial charge in [-0.15, -0.1) is 0 Å². The van der Waals surface area contributed by atoms with Crippen molar-refractivity contribution in [3.05, 3.63) is 101 Å². The van der Waals surface area contributed by atoms with Crippen LogP contribution in [-0.2, 0) is 26.6 Å². The Morgan fingerprint density at radius 3 is 2.17 bits per heavy atom. The Balaban J connectivity index is 1.62. The first-order chi connectivity index (χ1) is 22.1. The molecule has 3 aromatic carbocycles. The number of carbonyl (C=O) groups excluding carboxylic acids is 1. The lowest BCUT2D eigenvalue weighted by atomic mass is 10.1. The van der Waals surface area contributed by atoms with Crippen LogP contribution in [0.25, 0.3) is 16.9 Å². The Labute approximate surface area is 269 Å². The fourth-order valence-corrected chi connectivity index (χ4v) is 7.68. The maximum Gasteiger partial charge on any atom is 0.333 e. The van der Waals surface area contributed by atoms with Crippen LogP contribution in [0.4, 0.5) is 5.69 Å². The van der Waals surface area contributed by atoms with Crippen LogP contribution in [-0.4, -0.2) is 75.3 Å². The van der Waals surface area contributed by atoms with Gasteiger partial charge in [0.1, 0.15) is 5.69 Å². The van der Waals surface area contributed by atoms with Crippen LogP contribution >= 0.6 is 0 Å². The zero-order chi connectivity index (χ0) is 32.7. The maximum absolute atomic E-state index is 14.5. The Hall–Kier alpha value is -4.24. The molecule has 1 aromatic heterocycles. The minimum Gasteiger partial charge on any atom is -0.335 e. The van der Waals surface area contributed by atoms with E-state index in [1.807, 2.05) is 6.07 Å². The lowest BCUT2D eigenvalue weighted by molar-refractivity contribution is 0.0725. The van der Waals surface area contributed by atoms with Crippen molar-refractivity contribution >= 4 is 31.6 Å². The number of imidazole rings is 1. The van der Waals surface area contributed by atoms with E-state index in [1.165, 1.54) is 21.3 Å². The van der Waals surface area contributed by atoms with E-state index in [0.717, 1.165) is 0 Å². The molecule has 0 bridgehead atoms. The minimum absolute atomic E-state index is 0.0180. The monoisotopic (exact) mass is 666 g/mol. The van der Waals surface area contributed by atoms with Crippen molar-refractivity contribution in [1.29, 1.82) is 0 Å². The second kappa shape index (κ2) is 14.5. The molecule has 2 heterocycles. The van der Waals surface area contributed by atoms with Gasteiger partial charge >= 0.3 is 5.69 Å². The van der Waals surface area contributed by atoms with Crippen LogP contribution < -0.4 is 20.5 Å². The van der Waals surface area contributed by atoms with E-state index in [4.69, 9.17) is 0 Å². The van der Waals surface area contributed by atoms with Crippen LogP contribution in [0.3, 0.4) is 0 Å². The summed E-state index contributed by atoms with van der Waals surface area (Å²) in [7, 11) is -7.49. The molecule has 46 heavy (non-hydrogen) atoms. The zero-order valence-electron chi connectivity index (χ0n) is 25.6. The average Bonchev–Trinajstić information content (AvgIpc) is 3.35. The lowest BCUT2D eigenvalue weighted by Gasteiger charge is -2.28. The molecular formula is C32H38N6O6S2. The van der Waals surface area contributed by atoms with Crippen LogP contribution in [0.5, 0.6) is 0 Å². The van der Waals surface area contributed by atoms with Crippen molar-refractivity contribution in [2.75, 3.05) is 43.2 Å². The van der Waals surface area contributed by atoms with E-state index < -0.39 is 25.7 Å². The van der Waals surface area contributed by atoms with Crippen LogP contribution in [0.1, 0.15) is 30.3 Å². The molecular weight excluding hydrogens is 629 g/mol. The molecule has 14 heteroatoms. The van der Waals surface area contributed by atoms with Crippen molar-refractivity contribution < 1.29 is 21.6 Å². The molecule has 0 spiro atoms. The van der Waals surface area contributed by atoms with Gasteiger partial charge < -0.3 is 10.2 Å². The van der Waals surface area contributed by atoms with Gasteiger partial charge in [-0.05, 0) is 37.1 Å². The standard InChI is InChI=1S/C32H38N6O6S2/c1-2-24-45(41,42)35-27-16-9-10-17-28(27)38-29(25-12-5-3-6-13-25)30(31(39)36-22-19-33-20-23-36)37(32(38)40)21-11-18-34-46(43,44)26-14-7-4-8-15-26/h3-10,12-17,33-35H,2,11,18-24H2,1H3. The number of aromatic nitrogens is 2. The van der Waals surface area contributed by atoms with Crippen molar-refractivity contribution in [3.63, 3.8) is 0 Å². The normalized spacial score (nSPS) is 13.9. The Morgan fingerprint density at radius 1 is 0.870 bits per heavy atom. The number of hydrogen-bond acceptors (Lipinski definition) is 7. The number of para-hydroxylation sites is 2. The molecule has 0 saturated carbocycles. The first-order valence-electron chi connectivity index (χ1n) is 15.2. The predicted octanol–water partition coefficient (Wildman–Crippen LogP) is 2.87. The lowest BCUT2D eigenvalue weighted by Crippen LogP contribution is -2.47. The number of sulfonamides is 2. The van der Waals surface area contributed by atoms with Crippen LogP contribution in [0, 0.1) is 0 Å². The third-order valence-corrected chi connectivity index (χ3v) is 10.5. The molecule has 1 saturated heterocycles. The molecule has 1 aliphatic rings. The predicted molar refractivity (Wildman–Crippen MR) is 178 cm³/mol. The van der Waals surface area contributed by atoms with Gasteiger partial charge in [0.25, 0.3) is 5.91 Å². The SMILES string of the molecule is CCCS(=O)(=O)Nc1ccccc1-n1c(-c2ccccc2)c(C(=O)N2CCNCC2)n(CCCNS(=O)(=O)c2ccccc2)c1=O. The highest BCUT2D eigenvalue weighted by Crippen LogP contribution is 2.31. The summed E-state index contributed by atoms with van der Waals surface area (Å²) in [5, 5.41) is 3.24. The molecule has 0 radical (unpaired) electrons. The van der Waals surface area contributed by atoms with E-state index in [0.29, 0.717) is 43.9 Å². The number of rotatable bonds is 13. The number of piperazine rings is 1. The molecule has 1 amide bonds. The molecule has 3 N–H and O–H groups in total. The molecule has 0 unspecified atom stereocenters. The Bertz CT molecular complexity index is 1940. The molecule has 5 rings (SSSR count). The zero-order valence-corrected chi connectivity index (χ0v) is 27.2. The van der Waals surface area contributed by atoms with E-state index in [2.05, 4.69) is 14.8 Å². The number of anilines is 1. The van der Waals surface area contributed by atoms with E-state index in [9.17, 15) is 26.4 Å². The van der Waals surface area contributed by atoms with E-state index in [-0.39, 0.29) is 53.1 Å². The van der Waals surface area contributed by atoms with Crippen LogP contribution in [0.15, 0.2) is 94.6 Å². The van der Waals surface area contributed by atoms with Gasteiger partial charge in [-0.25, -0.2) is 26.4 Å². The quantitative estimate of drug-likeness (QED) is 0.186. The van der Waals surface area contributed by atoms with E-state index in [1.54, 1.807) is 78.6 Å². The number of carbonyl (C=O) groups is 1. The highest BCUT2D eigenvalue weighted by Gasteiger charge is 2.31. The van der Waals surface area contributed by atoms with Crippen LogP contribution in [0.2, 0.25) is 0 Å². The molecule has 1 aliphatic heterocycles. The van der Waals surface area contributed by atoms with Crippen molar-refractivity contribution in [1.82, 2.24) is 24.1 Å². The molecule has 1 fully saturated rings. The van der Waals surface area contributed by atoms with Gasteiger partial charge in [-0.3, -0.25) is 18.7 Å². The summed E-state index contributed by atoms with van der Waals surface area (Å²) in [5.74, 6) is -0.445. The van der Waals surface area contributed by atoms with Crippen molar-refractivity contribution in [2.24, 2.45) is 0 Å². The molecule has 244 valence electrons. The third-order valence-electron chi connectivity index (χ3n) is 7.58. The Kier molecular flexibility index (Phi) is 10.4. The van der Waals surface area contributed by atoms with Gasteiger partial charge in [0, 0.05) is 44.8 Å². The van der Waals surface area contributed by atoms with Gasteiger partial charge in [-0.2, -0.15) is 0 Å². The fraction of sp³-hybridized carbons (Fsp3) is 0.312. The highest BCUT2D eigenvalue weighted by atomic mass is 32.2. The summed E-state index contributed by atoms with van der Waals surface area (Å²) in [6.07, 6.45) is 0.608. The van der Waals surface area contributed by atoms with Gasteiger partial charge in [0.2, 0.25) is 20.0 Å². The minimum atomic E-state index is -3.78. The van der Waals surface area contributed by atoms with Gasteiger partial charge in [-0.1, -0.05) is 67.6 Å². The molecule has 12 nitrogen and oxygen atoms in total. The summed E-state index contributed by atoms with van der Waals surface area (Å²) >= 11 is 0. The molecule has 0 atom stereocenters. The third kappa shape index (κ3) is 7.41. The van der Waals surface area contributed by atoms with Gasteiger partial charge in [0.05, 0.1) is 27.7 Å². The fourth-order valence-electron chi connectivity index (χ4n) is 5.44. The first-order valence-corrected chi connectivity index (χ1v) is 18.3. The largest absolute Gasteiger partial charge is 0.335 e. The number of nitrogens with one attached hydrogen (secondary N) is 3. The smallest absolute Gasteiger partial charge is 0.333 e. The molecule has 4 aromatic rings. The average molecular weight is 667 g/mol. The summed E-state index contributed by atoms with van der Waals surface area (Å²) < 4.78 is 59.3. The first kappa shape index (κ1) is 33.1. The highest BCUT2D eigenvalue weighted by molar-refractivity contribution is 7.92. The summed E-state index contributed by atoms with van der Waals surface area (Å²) in [6.45, 7) is 3.88. The number of amides is 1. The number of nitrogens with zero attached hydrogens (tertiary/aromatic N) is 3. The number of benzene rings is 3. The van der Waals surface area contributed by atoms with E-state index >= 15 is 0 Å². The maximum atomic E-state index is 14.5. The number of hydrogen-bond donors (Lipinski definition) is 3. The second-order valence-electron chi connectivity index (χ2n) is 10.9. The van der Waals surface area contributed by atoms with Crippen molar-refractivity contribution in [2.45, 2.75) is 31.2 Å². The van der Waals surface area contributed by atoms with Crippen molar-refractivity contribution in [3.8, 4) is 16.9 Å². The summed E-state index contributed by atoms with van der Waals surface area (Å²) in [5.41, 5.74) is 0.975. The van der Waals surface area contributed by atoms with Gasteiger partial charge in [0.15, 0.2) is 0 Å². The molecule has 0 aliphatic carbocycles.